The fourth-order valence-corrected chi connectivity index (χ4v) is 1.45. The summed E-state index contributed by atoms with van der Waals surface area (Å²) in [5.41, 5.74) is 0.0297. The summed E-state index contributed by atoms with van der Waals surface area (Å²) in [6.07, 6.45) is 1.52. The van der Waals surface area contributed by atoms with Gasteiger partial charge in [0.05, 0.1) is 11.1 Å². The highest BCUT2D eigenvalue weighted by atomic mass is 19.1. The number of carbonyl (C=O) groups excluding carboxylic acids is 1. The van der Waals surface area contributed by atoms with Crippen molar-refractivity contribution in [1.82, 2.24) is 10.2 Å². The fraction of sp³-hybridized carbons (Fsp3) is 0.0909. The molecule has 0 aliphatic rings. The molecule has 0 saturated heterocycles. The minimum atomic E-state index is -1.06. The Labute approximate surface area is 106 Å². The van der Waals surface area contributed by atoms with E-state index < -0.39 is 22.3 Å². The lowest BCUT2D eigenvalue weighted by Crippen LogP contribution is -2.13. The number of nitro benzene ring substituents is 1. The highest BCUT2D eigenvalue weighted by Gasteiger charge is 2.17. The first-order valence-electron chi connectivity index (χ1n) is 5.24. The zero-order chi connectivity index (χ0) is 14.0. The van der Waals surface area contributed by atoms with E-state index in [1.807, 2.05) is 0 Å². The van der Waals surface area contributed by atoms with Crippen molar-refractivity contribution in [2.75, 3.05) is 5.32 Å². The maximum Gasteiger partial charge on any atom is 0.304 e. The zero-order valence-electron chi connectivity index (χ0n) is 9.81. The van der Waals surface area contributed by atoms with Gasteiger partial charge in [-0.15, -0.1) is 0 Å². The summed E-state index contributed by atoms with van der Waals surface area (Å²) in [6.45, 7) is 1.73. The van der Waals surface area contributed by atoms with Gasteiger partial charge in [-0.1, -0.05) is 0 Å². The number of nitrogens with one attached hydrogen (secondary N) is 2. The number of rotatable bonds is 3. The number of carbonyl (C=O) groups is 1. The molecule has 1 aromatic heterocycles. The third-order valence-electron chi connectivity index (χ3n) is 2.47. The van der Waals surface area contributed by atoms with E-state index in [1.54, 1.807) is 6.92 Å². The van der Waals surface area contributed by atoms with Gasteiger partial charge in [0, 0.05) is 17.2 Å². The lowest BCUT2D eigenvalue weighted by molar-refractivity contribution is -0.387. The number of hydrogen-bond acceptors (Lipinski definition) is 4. The second kappa shape index (κ2) is 4.84. The Bertz CT molecular complexity index is 653. The molecule has 0 spiro atoms. The van der Waals surface area contributed by atoms with Crippen LogP contribution in [0.5, 0.6) is 0 Å². The van der Waals surface area contributed by atoms with Crippen LogP contribution in [0.4, 0.5) is 15.9 Å². The Morgan fingerprint density at radius 3 is 2.79 bits per heavy atom. The molecule has 1 amide bonds. The van der Waals surface area contributed by atoms with Gasteiger partial charge < -0.3 is 5.32 Å². The molecule has 98 valence electrons. The minimum absolute atomic E-state index is 0.0166. The third kappa shape index (κ3) is 2.57. The summed E-state index contributed by atoms with van der Waals surface area (Å²) in [5, 5.41) is 19.2. The van der Waals surface area contributed by atoms with Gasteiger partial charge in [0.2, 0.25) is 5.82 Å². The number of aromatic nitrogens is 2. The van der Waals surface area contributed by atoms with Crippen molar-refractivity contribution < 1.29 is 14.1 Å². The Balaban J connectivity index is 2.23. The van der Waals surface area contributed by atoms with Crippen LogP contribution in [0.1, 0.15) is 15.9 Å². The Hall–Kier alpha value is -2.77. The second-order valence-electron chi connectivity index (χ2n) is 3.81. The van der Waals surface area contributed by atoms with E-state index in [0.29, 0.717) is 5.82 Å². The van der Waals surface area contributed by atoms with Gasteiger partial charge in [0.25, 0.3) is 5.91 Å². The van der Waals surface area contributed by atoms with E-state index in [2.05, 4.69) is 15.5 Å². The van der Waals surface area contributed by atoms with Gasteiger partial charge in [-0.3, -0.25) is 20.0 Å². The van der Waals surface area contributed by atoms with Crippen molar-refractivity contribution >= 4 is 17.4 Å². The summed E-state index contributed by atoms with van der Waals surface area (Å²) in [7, 11) is 0. The fourth-order valence-electron chi connectivity index (χ4n) is 1.45. The number of aromatic amines is 1. The molecule has 0 saturated carbocycles. The van der Waals surface area contributed by atoms with Crippen molar-refractivity contribution in [2.45, 2.75) is 6.92 Å². The molecule has 2 aromatic rings. The van der Waals surface area contributed by atoms with Crippen LogP contribution in [0, 0.1) is 22.9 Å². The summed E-state index contributed by atoms with van der Waals surface area (Å²) < 4.78 is 13.4. The first-order valence-corrected chi connectivity index (χ1v) is 5.24. The second-order valence-corrected chi connectivity index (χ2v) is 3.81. The third-order valence-corrected chi connectivity index (χ3v) is 2.47. The average molecular weight is 264 g/mol. The standard InChI is InChI=1S/C11H9FN4O3/c1-6-5-13-15-10(6)14-11(17)7-2-3-9(16(18)19)8(12)4-7/h2-5H,1H3,(H2,13,14,15,17). The summed E-state index contributed by atoms with van der Waals surface area (Å²) in [4.78, 5) is 21.4. The molecule has 0 fully saturated rings. The predicted octanol–water partition coefficient (Wildman–Crippen LogP) is 2.02. The Morgan fingerprint density at radius 1 is 1.53 bits per heavy atom. The van der Waals surface area contributed by atoms with Crippen molar-refractivity contribution in [3.05, 3.63) is 51.5 Å². The molecule has 19 heavy (non-hydrogen) atoms. The van der Waals surface area contributed by atoms with E-state index in [4.69, 9.17) is 0 Å². The molecule has 2 N–H and O–H groups in total. The molecule has 0 aliphatic carbocycles. The number of amides is 1. The molecule has 0 unspecified atom stereocenters. The normalized spacial score (nSPS) is 10.2. The van der Waals surface area contributed by atoms with E-state index in [0.717, 1.165) is 17.7 Å². The van der Waals surface area contributed by atoms with Gasteiger partial charge in [-0.25, -0.2) is 0 Å². The largest absolute Gasteiger partial charge is 0.307 e. The molecule has 0 aliphatic heterocycles. The number of halogens is 1. The van der Waals surface area contributed by atoms with Crippen LogP contribution in [-0.4, -0.2) is 21.0 Å². The number of benzene rings is 1. The summed E-state index contributed by atoms with van der Waals surface area (Å²) in [6, 6.07) is 2.95. The van der Waals surface area contributed by atoms with Crippen molar-refractivity contribution in [3.8, 4) is 0 Å². The average Bonchev–Trinajstić information content (AvgIpc) is 2.74. The SMILES string of the molecule is Cc1cn[nH]c1NC(=O)c1ccc([N+](=O)[O-])c(F)c1. The first-order chi connectivity index (χ1) is 8.99. The molecule has 0 atom stereocenters. The first kappa shape index (κ1) is 12.7. The van der Waals surface area contributed by atoms with E-state index >= 15 is 0 Å². The molecular formula is C11H9FN4O3. The van der Waals surface area contributed by atoms with E-state index in [-0.39, 0.29) is 5.56 Å². The monoisotopic (exact) mass is 264 g/mol. The van der Waals surface area contributed by atoms with Crippen LogP contribution in [0.3, 0.4) is 0 Å². The smallest absolute Gasteiger partial charge is 0.304 e. The topological polar surface area (TPSA) is 101 Å². The van der Waals surface area contributed by atoms with Crippen LogP contribution >= 0.6 is 0 Å². The van der Waals surface area contributed by atoms with Crippen LogP contribution < -0.4 is 5.32 Å². The number of nitrogens with zero attached hydrogens (tertiary/aromatic N) is 2. The van der Waals surface area contributed by atoms with Crippen LogP contribution in [-0.2, 0) is 0 Å². The number of anilines is 1. The van der Waals surface area contributed by atoms with Gasteiger partial charge in [-0.2, -0.15) is 9.49 Å². The summed E-state index contributed by atoms with van der Waals surface area (Å²) >= 11 is 0. The van der Waals surface area contributed by atoms with E-state index in [9.17, 15) is 19.3 Å². The minimum Gasteiger partial charge on any atom is -0.307 e. The summed E-state index contributed by atoms with van der Waals surface area (Å²) in [5.74, 6) is -1.25. The highest BCUT2D eigenvalue weighted by molar-refractivity contribution is 6.04. The lowest BCUT2D eigenvalue weighted by atomic mass is 10.2. The van der Waals surface area contributed by atoms with Crippen molar-refractivity contribution in [3.63, 3.8) is 0 Å². The molecular weight excluding hydrogens is 255 g/mol. The Morgan fingerprint density at radius 2 is 2.26 bits per heavy atom. The maximum atomic E-state index is 13.4. The van der Waals surface area contributed by atoms with Crippen molar-refractivity contribution in [2.24, 2.45) is 0 Å². The van der Waals surface area contributed by atoms with Crippen molar-refractivity contribution in [1.29, 1.82) is 0 Å². The highest BCUT2D eigenvalue weighted by Crippen LogP contribution is 2.19. The maximum absolute atomic E-state index is 13.4. The molecule has 0 bridgehead atoms. The number of nitro groups is 1. The lowest BCUT2D eigenvalue weighted by Gasteiger charge is -2.04. The molecule has 2 rings (SSSR count). The van der Waals surface area contributed by atoms with Crippen LogP contribution in [0.15, 0.2) is 24.4 Å². The van der Waals surface area contributed by atoms with Gasteiger partial charge in [0.1, 0.15) is 5.82 Å². The van der Waals surface area contributed by atoms with E-state index in [1.165, 1.54) is 12.3 Å². The zero-order valence-corrected chi connectivity index (χ0v) is 9.81. The van der Waals surface area contributed by atoms with Gasteiger partial charge in [0.15, 0.2) is 0 Å². The number of aryl methyl sites for hydroxylation is 1. The molecule has 7 nitrogen and oxygen atoms in total. The van der Waals surface area contributed by atoms with Crippen LogP contribution in [0.25, 0.3) is 0 Å². The molecule has 1 heterocycles. The van der Waals surface area contributed by atoms with Crippen LogP contribution in [0.2, 0.25) is 0 Å². The predicted molar refractivity (Wildman–Crippen MR) is 64.3 cm³/mol. The Kier molecular flexibility index (Phi) is 3.23. The molecule has 1 aromatic carbocycles. The quantitative estimate of drug-likeness (QED) is 0.654. The van der Waals surface area contributed by atoms with Gasteiger partial charge in [-0.05, 0) is 19.1 Å². The van der Waals surface area contributed by atoms with Gasteiger partial charge >= 0.3 is 5.69 Å². The number of hydrogen-bond donors (Lipinski definition) is 2. The molecule has 8 heteroatoms. The number of H-pyrrole nitrogens is 1. The molecule has 0 radical (unpaired) electrons.